The second-order valence-electron chi connectivity index (χ2n) is 28.2. The van der Waals surface area contributed by atoms with Crippen LogP contribution in [0, 0.1) is 0 Å². The van der Waals surface area contributed by atoms with Crippen molar-refractivity contribution in [2.75, 3.05) is 52.7 Å². The average molecular weight is 1450 g/mol. The molecular formula is C80H162B2N2O9P2S2. The zero-order valence-electron chi connectivity index (χ0n) is 69.0. The van der Waals surface area contributed by atoms with Gasteiger partial charge in [-0.15, -0.1) is 0 Å². The van der Waals surface area contributed by atoms with Gasteiger partial charge in [-0.3, -0.25) is 14.4 Å². The molecule has 2 unspecified atom stereocenters. The van der Waals surface area contributed by atoms with Crippen LogP contribution in [-0.4, -0.2) is 120 Å². The standard InChI is InChI=1S/C41H82BNO5PS.C39H80BNO4PS/c1-5-8-11-14-16-18-19-20-22-24-27-30-34-43(38(4)44)39(37-47-50-49-42)36-46-35-33-40(31-28-25-13-10-7-3)48-41(45)32-29-26-23-21-17-15-12-9-6-2;1-4-7-10-13-15-17-18-19-21-23-26-29-33-41-37(36-44-47-46-40)35-43-34-32-38(30-27-24-12-9-6-3)45-39(42)31-28-25-22-20-16-14-11-8-5-2/h39-40,42,49H,5-37H2,1-4H3;37-38,40-41,46H,4-36H2,1-3H3/t39-,40-,49?;37-,38-,46?/m11/s1/i42T,49D;40T,46D. The van der Waals surface area contributed by atoms with Crippen LogP contribution in [0.4, 0.5) is 0 Å². The third kappa shape index (κ3) is 76.8. The van der Waals surface area contributed by atoms with Crippen LogP contribution in [0.2, 0.25) is 0 Å². The molecule has 97 heavy (non-hydrogen) atoms. The van der Waals surface area contributed by atoms with E-state index in [0.717, 1.165) is 128 Å². The first-order valence-corrected chi connectivity index (χ1v) is 46.2. The number of esters is 2. The SMILES string of the molecule is [2H]P([B][3H])SOC[C@@H](COCC[C@@H](CCCCCCC)OC(=O)CCCCCCCCCCC)N(CCCCCCCCCCCCCC)C(C)=O.[2H]P([B][3H])SOC[C@@H](COCC[C@@H](CCCCCCC)OC(=O)CCCCCCCCCCC)NCCCCCCCCCCCCCC. The van der Waals surface area contributed by atoms with E-state index in [0.29, 0.717) is 58.8 Å². The number of amides is 1. The fourth-order valence-electron chi connectivity index (χ4n) is 12.7. The lowest BCUT2D eigenvalue weighted by molar-refractivity contribution is -0.151. The van der Waals surface area contributed by atoms with E-state index in [9.17, 15) is 14.4 Å². The Morgan fingerprint density at radius 3 is 1.06 bits per heavy atom. The summed E-state index contributed by atoms with van der Waals surface area (Å²) >= 11 is 2.08. The van der Waals surface area contributed by atoms with Crippen molar-refractivity contribution in [3.63, 3.8) is 0 Å². The minimum Gasteiger partial charge on any atom is -0.462 e. The maximum absolute atomic E-state index is 12.8. The van der Waals surface area contributed by atoms with Crippen LogP contribution in [0.1, 0.15) is 421 Å². The quantitative estimate of drug-likeness (QED) is 0.0205. The van der Waals surface area contributed by atoms with Crippen molar-refractivity contribution in [3.05, 3.63) is 0 Å². The smallest absolute Gasteiger partial charge is 0.306 e. The third-order valence-electron chi connectivity index (χ3n) is 18.9. The first-order chi connectivity index (χ1) is 49.5. The second kappa shape index (κ2) is 84.8. The number of carbonyl (C=O) groups excluding carboxylic acids is 3. The van der Waals surface area contributed by atoms with Gasteiger partial charge >= 0.3 is 11.9 Å². The van der Waals surface area contributed by atoms with E-state index in [1.165, 1.54) is 270 Å². The highest BCUT2D eigenvalue weighted by molar-refractivity contribution is 8.53. The summed E-state index contributed by atoms with van der Waals surface area (Å²) in [5.41, 5.74) is 0. The minimum atomic E-state index is -1.43. The lowest BCUT2D eigenvalue weighted by Gasteiger charge is -2.31. The van der Waals surface area contributed by atoms with Crippen molar-refractivity contribution >= 4 is 71.4 Å². The van der Waals surface area contributed by atoms with Crippen molar-refractivity contribution in [3.8, 4) is 0 Å². The normalized spacial score (nSPS) is 13.9. The lowest BCUT2D eigenvalue weighted by atomic mass is 10.1. The molecule has 0 heterocycles. The summed E-state index contributed by atoms with van der Waals surface area (Å²) in [7, 11) is -0.518. The molecule has 6 atom stereocenters. The van der Waals surface area contributed by atoms with Crippen LogP contribution < -0.4 is 5.32 Å². The first kappa shape index (κ1) is 91.1. The number of unbranched alkanes of at least 4 members (excludes halogenated alkanes) is 46. The summed E-state index contributed by atoms with van der Waals surface area (Å²) in [5, 5.41) is 3.61. The summed E-state index contributed by atoms with van der Waals surface area (Å²) in [6.45, 7) is 19.2. The third-order valence-corrected chi connectivity index (χ3v) is 20.7. The summed E-state index contributed by atoms with van der Waals surface area (Å²) in [5.74, 6) is -0.138. The highest BCUT2D eigenvalue weighted by atomic mass is 32.7. The Balaban J connectivity index is 0. The molecule has 11 nitrogen and oxygen atoms in total. The van der Waals surface area contributed by atoms with Gasteiger partial charge in [0.1, 0.15) is 27.3 Å². The number of nitrogens with one attached hydrogen (secondary N) is 1. The molecule has 17 heteroatoms. The van der Waals surface area contributed by atoms with Gasteiger partial charge < -0.3 is 37.5 Å². The first-order valence-electron chi connectivity index (χ1n) is 43.6. The monoisotopic (exact) mass is 1450 g/mol. The molecule has 0 aromatic rings. The van der Waals surface area contributed by atoms with Crippen molar-refractivity contribution in [2.24, 2.45) is 0 Å². The molecule has 0 aliphatic rings. The molecular weight excluding hydrogens is 1280 g/mol. The van der Waals surface area contributed by atoms with E-state index in [2.05, 4.69) is 46.9 Å². The maximum atomic E-state index is 12.8. The lowest BCUT2D eigenvalue weighted by Crippen LogP contribution is -2.45. The molecule has 0 saturated carbocycles. The van der Waals surface area contributed by atoms with Gasteiger partial charge in [0, 0.05) is 62.5 Å². The molecule has 0 spiro atoms. The molecule has 0 aliphatic carbocycles. The fraction of sp³-hybridized carbons (Fsp3) is 0.963. The van der Waals surface area contributed by atoms with Gasteiger partial charge in [-0.2, -0.15) is 0 Å². The van der Waals surface area contributed by atoms with Crippen molar-refractivity contribution in [2.45, 2.75) is 445 Å². The van der Waals surface area contributed by atoms with E-state index in [1.54, 1.807) is 6.92 Å². The largest absolute Gasteiger partial charge is 0.462 e. The van der Waals surface area contributed by atoms with Crippen LogP contribution >= 0.6 is 38.5 Å². The highest BCUT2D eigenvalue weighted by Gasteiger charge is 2.23. The zero-order chi connectivity index (χ0) is 74.2. The molecule has 0 bridgehead atoms. The van der Waals surface area contributed by atoms with E-state index >= 15 is 0 Å². The molecule has 0 aromatic carbocycles. The molecule has 574 valence electrons. The summed E-state index contributed by atoms with van der Waals surface area (Å²) in [6.07, 6.45) is 69.3. The molecule has 1 N–H and O–H groups in total. The minimum absolute atomic E-state index is 0.000781. The van der Waals surface area contributed by atoms with Gasteiger partial charge in [0.05, 0.1) is 54.3 Å². The van der Waals surface area contributed by atoms with Gasteiger partial charge in [0.25, 0.3) is 0 Å². The fourth-order valence-corrected chi connectivity index (χ4v) is 14.0. The predicted molar refractivity (Wildman–Crippen MR) is 434 cm³/mol. The second-order valence-corrected chi connectivity index (χ2v) is 31.6. The zero-order valence-corrected chi connectivity index (χ0v) is 68.4. The number of hydrogen-bond acceptors (Lipinski definition) is 12. The van der Waals surface area contributed by atoms with Crippen LogP contribution in [0.15, 0.2) is 0 Å². The van der Waals surface area contributed by atoms with Crippen LogP contribution in [0.25, 0.3) is 0 Å². The Kier molecular flexibility index (Phi) is 79.7. The summed E-state index contributed by atoms with van der Waals surface area (Å²) in [6, 6.07) is -0.232. The topological polar surface area (TPSA) is 122 Å². The van der Waals surface area contributed by atoms with Crippen LogP contribution in [0.3, 0.4) is 0 Å². The Morgan fingerprint density at radius 2 is 0.711 bits per heavy atom. The number of rotatable bonds is 82. The van der Waals surface area contributed by atoms with Crippen LogP contribution in [-0.2, 0) is 41.7 Å². The van der Waals surface area contributed by atoms with E-state index in [4.69, 9.17) is 32.5 Å². The van der Waals surface area contributed by atoms with Gasteiger partial charge in [0.15, 0.2) is 0 Å². The van der Waals surface area contributed by atoms with Crippen molar-refractivity contribution in [1.82, 2.24) is 10.2 Å². The van der Waals surface area contributed by atoms with Gasteiger partial charge in [-0.1, -0.05) is 352 Å². The van der Waals surface area contributed by atoms with Crippen molar-refractivity contribution in [1.29, 1.82) is 5.23 Å². The van der Waals surface area contributed by atoms with Gasteiger partial charge in [-0.05, 0) is 60.6 Å². The number of hydrogen-bond donors (Lipinski definition) is 1. The van der Waals surface area contributed by atoms with E-state index in [-0.39, 0.29) is 48.7 Å². The average Bonchev–Trinajstić information content (AvgIpc) is 1.03. The maximum Gasteiger partial charge on any atom is 0.306 e. The van der Waals surface area contributed by atoms with Gasteiger partial charge in [-0.25, -0.2) is 0 Å². The Morgan fingerprint density at radius 1 is 0.402 bits per heavy atom. The number of nitrogens with zero attached hydrogens (tertiary/aromatic N) is 1. The molecule has 0 aliphatic heterocycles. The molecule has 0 rings (SSSR count). The molecule has 0 aromatic heterocycles. The molecule has 1 amide bonds. The van der Waals surface area contributed by atoms with Crippen molar-refractivity contribution < 1.29 is 41.7 Å². The molecule has 2 radical (unpaired) electrons. The molecule has 0 saturated heterocycles. The van der Waals surface area contributed by atoms with E-state index in [1.807, 2.05) is 4.90 Å². The Bertz CT molecular complexity index is 1700. The van der Waals surface area contributed by atoms with Gasteiger partial charge in [0.2, 0.25) is 5.91 Å². The van der Waals surface area contributed by atoms with Crippen LogP contribution in [0.5, 0.6) is 0 Å². The number of carbonyl (C=O) groups is 3. The predicted octanol–water partition coefficient (Wildman–Crippen LogP) is 24.9. The van der Waals surface area contributed by atoms with E-state index < -0.39 is 15.2 Å². The number of ether oxygens (including phenoxy) is 4. The molecule has 0 fully saturated rings. The highest BCUT2D eigenvalue weighted by Crippen LogP contribution is 2.27. The summed E-state index contributed by atoms with van der Waals surface area (Å²) in [4.78, 5) is 40.2. The Hall–Kier alpha value is -0.100. The Labute approximate surface area is 623 Å². The summed E-state index contributed by atoms with van der Waals surface area (Å²) < 4.78 is 66.1.